The summed E-state index contributed by atoms with van der Waals surface area (Å²) in [4.78, 5) is 4.51. The van der Waals surface area contributed by atoms with Gasteiger partial charge in [-0.2, -0.15) is 4.98 Å². The molecule has 16 heavy (non-hydrogen) atoms. The first-order valence-electron chi connectivity index (χ1n) is 6.08. The van der Waals surface area contributed by atoms with Crippen LogP contribution < -0.4 is 5.32 Å². The van der Waals surface area contributed by atoms with Crippen LogP contribution in [-0.4, -0.2) is 23.2 Å². The van der Waals surface area contributed by atoms with E-state index in [1.54, 1.807) is 0 Å². The SMILES string of the molecule is CC(C)(C)Cc1noc(C2CCNCC2)n1. The van der Waals surface area contributed by atoms with E-state index in [1.165, 1.54) is 0 Å². The van der Waals surface area contributed by atoms with E-state index < -0.39 is 0 Å². The van der Waals surface area contributed by atoms with Gasteiger partial charge >= 0.3 is 0 Å². The van der Waals surface area contributed by atoms with Gasteiger partial charge in [0.25, 0.3) is 0 Å². The molecule has 4 heteroatoms. The fraction of sp³-hybridized carbons (Fsp3) is 0.833. The molecule has 4 nitrogen and oxygen atoms in total. The molecule has 90 valence electrons. The number of piperidine rings is 1. The number of hydrogen-bond donors (Lipinski definition) is 1. The highest BCUT2D eigenvalue weighted by atomic mass is 16.5. The Labute approximate surface area is 96.8 Å². The summed E-state index contributed by atoms with van der Waals surface area (Å²) in [6.45, 7) is 8.68. The molecule has 2 heterocycles. The van der Waals surface area contributed by atoms with Crippen LogP contribution >= 0.6 is 0 Å². The molecule has 0 aromatic carbocycles. The Morgan fingerprint density at radius 1 is 1.31 bits per heavy atom. The fourth-order valence-electron chi connectivity index (χ4n) is 2.05. The van der Waals surface area contributed by atoms with Crippen molar-refractivity contribution in [1.82, 2.24) is 15.5 Å². The lowest BCUT2D eigenvalue weighted by Crippen LogP contribution is -2.26. The highest BCUT2D eigenvalue weighted by molar-refractivity contribution is 4.97. The lowest BCUT2D eigenvalue weighted by atomic mass is 9.92. The van der Waals surface area contributed by atoms with E-state index in [-0.39, 0.29) is 5.41 Å². The van der Waals surface area contributed by atoms with Crippen molar-refractivity contribution in [3.8, 4) is 0 Å². The summed E-state index contributed by atoms with van der Waals surface area (Å²) in [7, 11) is 0. The topological polar surface area (TPSA) is 51.0 Å². The first-order valence-corrected chi connectivity index (χ1v) is 6.08. The maximum absolute atomic E-state index is 5.36. The maximum Gasteiger partial charge on any atom is 0.229 e. The lowest BCUT2D eigenvalue weighted by molar-refractivity contribution is 0.314. The third-order valence-electron chi connectivity index (χ3n) is 2.86. The number of nitrogens with zero attached hydrogens (tertiary/aromatic N) is 2. The summed E-state index contributed by atoms with van der Waals surface area (Å²) < 4.78 is 5.36. The third kappa shape index (κ3) is 3.04. The number of hydrogen-bond acceptors (Lipinski definition) is 4. The molecule has 0 spiro atoms. The van der Waals surface area contributed by atoms with E-state index >= 15 is 0 Å². The summed E-state index contributed by atoms with van der Waals surface area (Å²) in [5.41, 5.74) is 0.218. The minimum atomic E-state index is 0.218. The van der Waals surface area contributed by atoms with Gasteiger partial charge in [0.2, 0.25) is 5.89 Å². The number of rotatable bonds is 2. The highest BCUT2D eigenvalue weighted by Gasteiger charge is 2.22. The predicted molar refractivity (Wildman–Crippen MR) is 62.3 cm³/mol. The quantitative estimate of drug-likeness (QED) is 0.834. The predicted octanol–water partition coefficient (Wildman–Crippen LogP) is 2.13. The molecule has 0 aliphatic carbocycles. The van der Waals surface area contributed by atoms with Crippen LogP contribution in [0.5, 0.6) is 0 Å². The van der Waals surface area contributed by atoms with Crippen molar-refractivity contribution in [2.24, 2.45) is 5.41 Å². The fourth-order valence-corrected chi connectivity index (χ4v) is 2.05. The van der Waals surface area contributed by atoms with Gasteiger partial charge in [0.05, 0.1) is 0 Å². The molecule has 1 aliphatic heterocycles. The smallest absolute Gasteiger partial charge is 0.229 e. The molecule has 1 fully saturated rings. The van der Waals surface area contributed by atoms with E-state index in [0.717, 1.165) is 44.1 Å². The van der Waals surface area contributed by atoms with Crippen molar-refractivity contribution in [3.63, 3.8) is 0 Å². The molecule has 1 aromatic rings. The molecular formula is C12H21N3O. The normalized spacial score (nSPS) is 18.9. The van der Waals surface area contributed by atoms with Crippen LogP contribution in [0.1, 0.15) is 51.2 Å². The molecule has 0 atom stereocenters. The van der Waals surface area contributed by atoms with Gasteiger partial charge in [0.15, 0.2) is 5.82 Å². The van der Waals surface area contributed by atoms with Gasteiger partial charge in [0, 0.05) is 12.3 Å². The molecule has 0 saturated carbocycles. The summed E-state index contributed by atoms with van der Waals surface area (Å²) >= 11 is 0. The van der Waals surface area contributed by atoms with Crippen LogP contribution in [0.25, 0.3) is 0 Å². The van der Waals surface area contributed by atoms with Gasteiger partial charge in [0.1, 0.15) is 0 Å². The molecule has 1 aliphatic rings. The Morgan fingerprint density at radius 3 is 2.62 bits per heavy atom. The molecule has 1 N–H and O–H groups in total. The van der Waals surface area contributed by atoms with E-state index in [4.69, 9.17) is 4.52 Å². The molecule has 0 bridgehead atoms. The summed E-state index contributed by atoms with van der Waals surface area (Å²) in [5.74, 6) is 2.14. The standard InChI is InChI=1S/C12H21N3O/c1-12(2,3)8-10-14-11(16-15-10)9-4-6-13-7-5-9/h9,13H,4-8H2,1-3H3. The van der Waals surface area contributed by atoms with Crippen molar-refractivity contribution >= 4 is 0 Å². The average Bonchev–Trinajstić information content (AvgIpc) is 2.65. The van der Waals surface area contributed by atoms with Gasteiger partial charge in [-0.3, -0.25) is 0 Å². The Balaban J connectivity index is 2.01. The molecule has 1 aromatic heterocycles. The van der Waals surface area contributed by atoms with Crippen molar-refractivity contribution < 1.29 is 4.52 Å². The third-order valence-corrected chi connectivity index (χ3v) is 2.86. The lowest BCUT2D eigenvalue weighted by Gasteiger charge is -2.18. The second-order valence-corrected chi connectivity index (χ2v) is 5.81. The van der Waals surface area contributed by atoms with Crippen LogP contribution in [0.15, 0.2) is 4.52 Å². The zero-order chi connectivity index (χ0) is 11.6. The van der Waals surface area contributed by atoms with Crippen molar-refractivity contribution in [1.29, 1.82) is 0 Å². The number of aromatic nitrogens is 2. The molecule has 1 saturated heterocycles. The summed E-state index contributed by atoms with van der Waals surface area (Å²) in [5, 5.41) is 7.41. The van der Waals surface area contributed by atoms with Crippen LogP contribution in [0, 0.1) is 5.41 Å². The van der Waals surface area contributed by atoms with Gasteiger partial charge in [-0.15, -0.1) is 0 Å². The van der Waals surface area contributed by atoms with Gasteiger partial charge in [-0.25, -0.2) is 0 Å². The van der Waals surface area contributed by atoms with E-state index in [0.29, 0.717) is 5.92 Å². The van der Waals surface area contributed by atoms with Crippen LogP contribution in [0.2, 0.25) is 0 Å². The Hall–Kier alpha value is -0.900. The number of nitrogens with one attached hydrogen (secondary N) is 1. The molecule has 0 amide bonds. The first kappa shape index (κ1) is 11.6. The van der Waals surface area contributed by atoms with Gasteiger partial charge in [-0.05, 0) is 31.3 Å². The van der Waals surface area contributed by atoms with E-state index in [1.807, 2.05) is 0 Å². The minimum Gasteiger partial charge on any atom is -0.339 e. The first-order chi connectivity index (χ1) is 7.54. The van der Waals surface area contributed by atoms with Crippen molar-refractivity contribution in [2.45, 2.75) is 46.0 Å². The van der Waals surface area contributed by atoms with Crippen molar-refractivity contribution in [3.05, 3.63) is 11.7 Å². The second kappa shape index (κ2) is 4.53. The van der Waals surface area contributed by atoms with Gasteiger partial charge in [-0.1, -0.05) is 25.9 Å². The summed E-state index contributed by atoms with van der Waals surface area (Å²) in [6, 6.07) is 0. The molecule has 0 radical (unpaired) electrons. The molecule has 0 unspecified atom stereocenters. The summed E-state index contributed by atoms with van der Waals surface area (Å²) in [6.07, 6.45) is 3.09. The molecular weight excluding hydrogens is 202 g/mol. The Morgan fingerprint density at radius 2 is 2.00 bits per heavy atom. The minimum absolute atomic E-state index is 0.218. The Kier molecular flexibility index (Phi) is 3.28. The average molecular weight is 223 g/mol. The van der Waals surface area contributed by atoms with E-state index in [2.05, 4.69) is 36.2 Å². The van der Waals surface area contributed by atoms with Gasteiger partial charge < -0.3 is 9.84 Å². The van der Waals surface area contributed by atoms with Crippen LogP contribution in [-0.2, 0) is 6.42 Å². The van der Waals surface area contributed by atoms with Crippen LogP contribution in [0.3, 0.4) is 0 Å². The zero-order valence-corrected chi connectivity index (χ0v) is 10.4. The highest BCUT2D eigenvalue weighted by Crippen LogP contribution is 2.25. The zero-order valence-electron chi connectivity index (χ0n) is 10.4. The van der Waals surface area contributed by atoms with Crippen molar-refractivity contribution in [2.75, 3.05) is 13.1 Å². The van der Waals surface area contributed by atoms with E-state index in [9.17, 15) is 0 Å². The Bertz CT molecular complexity index is 334. The second-order valence-electron chi connectivity index (χ2n) is 5.81. The maximum atomic E-state index is 5.36. The molecule has 2 rings (SSSR count). The van der Waals surface area contributed by atoms with Crippen LogP contribution in [0.4, 0.5) is 0 Å². The largest absolute Gasteiger partial charge is 0.339 e. The monoisotopic (exact) mass is 223 g/mol.